The summed E-state index contributed by atoms with van der Waals surface area (Å²) in [6.45, 7) is 2.82. The van der Waals surface area contributed by atoms with Crippen LogP contribution in [0.2, 0.25) is 0 Å². The summed E-state index contributed by atoms with van der Waals surface area (Å²) < 4.78 is 1.01. The Hall–Kier alpha value is -1.65. The van der Waals surface area contributed by atoms with Gasteiger partial charge in [0.2, 0.25) is 0 Å². The lowest BCUT2D eigenvalue weighted by Crippen LogP contribution is -2.13. The third-order valence-electron chi connectivity index (χ3n) is 3.10. The van der Waals surface area contributed by atoms with Gasteiger partial charge in [-0.25, -0.2) is 0 Å². The molecule has 2 rings (SSSR count). The van der Waals surface area contributed by atoms with E-state index in [2.05, 4.69) is 32.2 Å². The lowest BCUT2D eigenvalue weighted by atomic mass is 10.1. The Morgan fingerprint density at radius 3 is 2.62 bits per heavy atom. The normalized spacial score (nSPS) is 10.7. The fraction of sp³-hybridized carbons (Fsp3) is 0.235. The van der Waals surface area contributed by atoms with Gasteiger partial charge in [0.1, 0.15) is 0 Å². The van der Waals surface area contributed by atoms with Crippen molar-refractivity contribution in [1.82, 2.24) is 4.90 Å². The van der Waals surface area contributed by atoms with Gasteiger partial charge in [-0.1, -0.05) is 28.1 Å². The molecule has 0 unspecified atom stereocenters. The molecule has 1 amide bonds. The van der Waals surface area contributed by atoms with Gasteiger partial charge in [-0.15, -0.1) is 0 Å². The second-order valence-electron chi connectivity index (χ2n) is 5.36. The van der Waals surface area contributed by atoms with Crippen LogP contribution in [0, 0.1) is 6.92 Å². The van der Waals surface area contributed by atoms with E-state index in [4.69, 9.17) is 0 Å². The zero-order valence-corrected chi connectivity index (χ0v) is 14.1. The lowest BCUT2D eigenvalue weighted by Gasteiger charge is -2.12. The molecule has 1 N–H and O–H groups in total. The van der Waals surface area contributed by atoms with Gasteiger partial charge in [0, 0.05) is 22.3 Å². The van der Waals surface area contributed by atoms with E-state index in [1.807, 2.05) is 57.4 Å². The Balaban J connectivity index is 2.13. The highest BCUT2D eigenvalue weighted by Gasteiger charge is 2.08. The average molecular weight is 347 g/mol. The van der Waals surface area contributed by atoms with E-state index >= 15 is 0 Å². The molecule has 0 bridgehead atoms. The summed E-state index contributed by atoms with van der Waals surface area (Å²) >= 11 is 3.44. The van der Waals surface area contributed by atoms with Crippen LogP contribution in [0.4, 0.5) is 5.69 Å². The molecule has 0 spiro atoms. The van der Waals surface area contributed by atoms with Gasteiger partial charge >= 0.3 is 0 Å². The third-order valence-corrected chi connectivity index (χ3v) is 3.99. The molecule has 4 heteroatoms. The van der Waals surface area contributed by atoms with Crippen molar-refractivity contribution >= 4 is 27.5 Å². The lowest BCUT2D eigenvalue weighted by molar-refractivity contribution is 0.102. The van der Waals surface area contributed by atoms with Crippen molar-refractivity contribution in [3.8, 4) is 0 Å². The summed E-state index contributed by atoms with van der Waals surface area (Å²) in [5.74, 6) is -0.0902. The molecule has 2 aromatic carbocycles. The Morgan fingerprint density at radius 1 is 1.19 bits per heavy atom. The molecule has 0 atom stereocenters. The van der Waals surface area contributed by atoms with E-state index in [-0.39, 0.29) is 5.91 Å². The Bertz CT molecular complexity index is 653. The van der Waals surface area contributed by atoms with Crippen LogP contribution in [-0.2, 0) is 6.54 Å². The molecule has 110 valence electrons. The summed E-state index contributed by atoms with van der Waals surface area (Å²) in [4.78, 5) is 14.4. The number of benzene rings is 2. The second kappa shape index (κ2) is 6.87. The minimum Gasteiger partial charge on any atom is -0.322 e. The molecule has 3 nitrogen and oxygen atoms in total. The third kappa shape index (κ3) is 4.41. The van der Waals surface area contributed by atoms with E-state index in [1.54, 1.807) is 0 Å². The predicted molar refractivity (Wildman–Crippen MR) is 90.7 cm³/mol. The topological polar surface area (TPSA) is 32.3 Å². The SMILES string of the molecule is Cc1cc(C(=O)Nc2cccc(CN(C)C)c2)ccc1Br. The molecule has 0 saturated heterocycles. The number of anilines is 1. The molecule has 0 radical (unpaired) electrons. The number of amides is 1. The number of hydrogen-bond donors (Lipinski definition) is 1. The molecule has 0 aliphatic rings. The minimum atomic E-state index is -0.0902. The first-order chi connectivity index (χ1) is 9.95. The van der Waals surface area contributed by atoms with Crippen LogP contribution < -0.4 is 5.32 Å². The number of nitrogens with zero attached hydrogens (tertiary/aromatic N) is 1. The highest BCUT2D eigenvalue weighted by Crippen LogP contribution is 2.18. The second-order valence-corrected chi connectivity index (χ2v) is 6.21. The number of halogens is 1. The molecule has 0 saturated carbocycles. The molecule has 2 aromatic rings. The minimum absolute atomic E-state index is 0.0902. The van der Waals surface area contributed by atoms with E-state index in [9.17, 15) is 4.79 Å². The van der Waals surface area contributed by atoms with E-state index < -0.39 is 0 Å². The standard InChI is InChI=1S/C17H19BrN2O/c1-12-9-14(7-8-16(12)18)17(21)19-15-6-4-5-13(10-15)11-20(2)3/h4-10H,11H2,1-3H3,(H,19,21). The van der Waals surface area contributed by atoms with Crippen molar-refractivity contribution in [2.45, 2.75) is 13.5 Å². The van der Waals surface area contributed by atoms with Gasteiger partial charge in [0.25, 0.3) is 5.91 Å². The first-order valence-electron chi connectivity index (χ1n) is 6.77. The van der Waals surface area contributed by atoms with Gasteiger partial charge in [-0.3, -0.25) is 4.79 Å². The number of hydrogen-bond acceptors (Lipinski definition) is 2. The molecular formula is C17H19BrN2O. The monoisotopic (exact) mass is 346 g/mol. The van der Waals surface area contributed by atoms with E-state index in [0.717, 1.165) is 22.3 Å². The largest absolute Gasteiger partial charge is 0.322 e. The highest BCUT2D eigenvalue weighted by molar-refractivity contribution is 9.10. The number of nitrogens with one attached hydrogen (secondary N) is 1. The van der Waals surface area contributed by atoms with Crippen LogP contribution in [0.1, 0.15) is 21.5 Å². The van der Waals surface area contributed by atoms with E-state index in [0.29, 0.717) is 5.56 Å². The first-order valence-corrected chi connectivity index (χ1v) is 7.56. The van der Waals surface area contributed by atoms with Gasteiger partial charge in [-0.05, 0) is 62.5 Å². The molecule has 0 heterocycles. The fourth-order valence-corrected chi connectivity index (χ4v) is 2.35. The summed E-state index contributed by atoms with van der Waals surface area (Å²) in [6, 6.07) is 13.5. The summed E-state index contributed by atoms with van der Waals surface area (Å²) in [7, 11) is 4.05. The molecule has 21 heavy (non-hydrogen) atoms. The molecule has 0 aliphatic heterocycles. The number of carbonyl (C=O) groups is 1. The molecule has 0 aromatic heterocycles. The Morgan fingerprint density at radius 2 is 1.95 bits per heavy atom. The van der Waals surface area contributed by atoms with Crippen LogP contribution in [-0.4, -0.2) is 24.9 Å². The summed E-state index contributed by atoms with van der Waals surface area (Å²) in [5, 5.41) is 2.95. The Kier molecular flexibility index (Phi) is 5.15. The van der Waals surface area contributed by atoms with Crippen molar-refractivity contribution in [2.75, 3.05) is 19.4 Å². The van der Waals surface area contributed by atoms with Gasteiger partial charge < -0.3 is 10.2 Å². The predicted octanol–water partition coefficient (Wildman–Crippen LogP) is 4.07. The molecule has 0 aliphatic carbocycles. The van der Waals surface area contributed by atoms with Crippen LogP contribution in [0.25, 0.3) is 0 Å². The van der Waals surface area contributed by atoms with Crippen LogP contribution in [0.3, 0.4) is 0 Å². The quantitative estimate of drug-likeness (QED) is 0.904. The Labute approximate surface area is 134 Å². The van der Waals surface area contributed by atoms with Crippen molar-refractivity contribution in [3.63, 3.8) is 0 Å². The first kappa shape index (κ1) is 15.7. The maximum Gasteiger partial charge on any atom is 0.255 e. The van der Waals surface area contributed by atoms with Gasteiger partial charge in [-0.2, -0.15) is 0 Å². The van der Waals surface area contributed by atoms with Gasteiger partial charge in [0.15, 0.2) is 0 Å². The maximum absolute atomic E-state index is 12.3. The smallest absolute Gasteiger partial charge is 0.255 e. The van der Waals surface area contributed by atoms with E-state index in [1.165, 1.54) is 5.56 Å². The fourth-order valence-electron chi connectivity index (χ4n) is 2.10. The summed E-state index contributed by atoms with van der Waals surface area (Å²) in [5.41, 5.74) is 3.70. The highest BCUT2D eigenvalue weighted by atomic mass is 79.9. The van der Waals surface area contributed by atoms with Crippen molar-refractivity contribution in [2.24, 2.45) is 0 Å². The number of carbonyl (C=O) groups excluding carboxylic acids is 1. The molecule has 0 fully saturated rings. The number of rotatable bonds is 4. The van der Waals surface area contributed by atoms with Crippen LogP contribution >= 0.6 is 15.9 Å². The zero-order valence-electron chi connectivity index (χ0n) is 12.5. The van der Waals surface area contributed by atoms with Gasteiger partial charge in [0.05, 0.1) is 0 Å². The maximum atomic E-state index is 12.3. The number of aryl methyl sites for hydroxylation is 1. The van der Waals surface area contributed by atoms with Crippen molar-refractivity contribution in [3.05, 3.63) is 63.6 Å². The zero-order chi connectivity index (χ0) is 15.4. The van der Waals surface area contributed by atoms with Crippen molar-refractivity contribution in [1.29, 1.82) is 0 Å². The van der Waals surface area contributed by atoms with Crippen LogP contribution in [0.5, 0.6) is 0 Å². The van der Waals surface area contributed by atoms with Crippen molar-refractivity contribution < 1.29 is 4.79 Å². The molecular weight excluding hydrogens is 328 g/mol. The van der Waals surface area contributed by atoms with Crippen LogP contribution in [0.15, 0.2) is 46.9 Å². The average Bonchev–Trinajstić information content (AvgIpc) is 2.41. The summed E-state index contributed by atoms with van der Waals surface area (Å²) in [6.07, 6.45) is 0.